The van der Waals surface area contributed by atoms with E-state index in [1.165, 1.54) is 12.1 Å². The van der Waals surface area contributed by atoms with Gasteiger partial charge < -0.3 is 10.6 Å². The van der Waals surface area contributed by atoms with E-state index in [-0.39, 0.29) is 23.7 Å². The van der Waals surface area contributed by atoms with Crippen LogP contribution in [-0.4, -0.2) is 18.0 Å². The first kappa shape index (κ1) is 14.8. The molecule has 1 amide bonds. The Bertz CT molecular complexity index is 435. The molecule has 5 heteroatoms. The summed E-state index contributed by atoms with van der Waals surface area (Å²) in [5, 5.41) is 5.93. The third-order valence-electron chi connectivity index (χ3n) is 2.73. The lowest BCUT2D eigenvalue weighted by Crippen LogP contribution is -2.45. The molecule has 0 unspecified atom stereocenters. The number of rotatable bonds is 5. The zero-order chi connectivity index (χ0) is 13.8. The summed E-state index contributed by atoms with van der Waals surface area (Å²) in [6, 6.07) is 4.29. The van der Waals surface area contributed by atoms with Gasteiger partial charge in [-0.3, -0.25) is 4.79 Å². The summed E-state index contributed by atoms with van der Waals surface area (Å²) >= 11 is 5.64. The second-order valence-corrected chi connectivity index (χ2v) is 5.20. The number of hydrogen-bond donors (Lipinski definition) is 2. The third-order valence-corrected chi connectivity index (χ3v) is 2.97. The van der Waals surface area contributed by atoms with Gasteiger partial charge in [0.25, 0.3) is 0 Å². The van der Waals surface area contributed by atoms with Crippen molar-refractivity contribution >= 4 is 23.2 Å². The van der Waals surface area contributed by atoms with Crippen LogP contribution in [0.4, 0.5) is 10.1 Å². The van der Waals surface area contributed by atoms with Crippen LogP contribution in [0.15, 0.2) is 18.2 Å². The predicted octanol–water partition coefficient (Wildman–Crippen LogP) is 3.20. The molecule has 0 aliphatic carbocycles. The van der Waals surface area contributed by atoms with Crippen molar-refractivity contribution in [3.8, 4) is 0 Å². The van der Waals surface area contributed by atoms with Crippen molar-refractivity contribution < 1.29 is 9.18 Å². The van der Waals surface area contributed by atoms with Crippen LogP contribution in [0, 0.1) is 5.82 Å². The molecule has 0 spiro atoms. The van der Waals surface area contributed by atoms with Gasteiger partial charge in [-0.15, -0.1) is 0 Å². The second-order valence-electron chi connectivity index (χ2n) is 4.76. The maximum Gasteiger partial charge on any atom is 0.239 e. The summed E-state index contributed by atoms with van der Waals surface area (Å²) in [5.41, 5.74) is 0.0148. The fraction of sp³-hybridized carbons (Fsp3) is 0.462. The van der Waals surface area contributed by atoms with Crippen molar-refractivity contribution in [2.45, 2.75) is 32.7 Å². The molecule has 0 bridgehead atoms. The first-order valence-corrected chi connectivity index (χ1v) is 6.22. The molecule has 100 valence electrons. The van der Waals surface area contributed by atoms with E-state index in [1.54, 1.807) is 6.07 Å². The molecule has 2 N–H and O–H groups in total. The van der Waals surface area contributed by atoms with Crippen LogP contribution in [0.3, 0.4) is 0 Å². The Morgan fingerprint density at radius 1 is 1.44 bits per heavy atom. The second kappa shape index (κ2) is 6.05. The summed E-state index contributed by atoms with van der Waals surface area (Å²) < 4.78 is 13.4. The van der Waals surface area contributed by atoms with Crippen LogP contribution >= 0.6 is 11.6 Å². The van der Waals surface area contributed by atoms with Crippen LogP contribution in [0.1, 0.15) is 27.2 Å². The van der Waals surface area contributed by atoms with E-state index < -0.39 is 5.82 Å². The molecule has 0 heterocycles. The number of halogens is 2. The van der Waals surface area contributed by atoms with Gasteiger partial charge in [-0.1, -0.05) is 18.5 Å². The van der Waals surface area contributed by atoms with E-state index in [0.29, 0.717) is 5.02 Å². The van der Waals surface area contributed by atoms with Crippen molar-refractivity contribution in [3.05, 3.63) is 29.0 Å². The molecule has 0 saturated heterocycles. The fourth-order valence-electron chi connectivity index (χ4n) is 1.32. The van der Waals surface area contributed by atoms with Crippen molar-refractivity contribution in [2.75, 3.05) is 11.9 Å². The van der Waals surface area contributed by atoms with Crippen molar-refractivity contribution in [2.24, 2.45) is 0 Å². The van der Waals surface area contributed by atoms with Gasteiger partial charge in [0.1, 0.15) is 5.82 Å². The molecule has 0 aliphatic rings. The minimum Gasteiger partial charge on any atom is -0.374 e. The van der Waals surface area contributed by atoms with Crippen LogP contribution in [0.2, 0.25) is 5.02 Å². The maximum absolute atomic E-state index is 13.4. The number of nitrogens with one attached hydrogen (secondary N) is 2. The molecule has 1 rings (SSSR count). The lowest BCUT2D eigenvalue weighted by atomic mass is 10.0. The lowest BCUT2D eigenvalue weighted by Gasteiger charge is -2.24. The van der Waals surface area contributed by atoms with E-state index in [0.717, 1.165) is 6.42 Å². The highest BCUT2D eigenvalue weighted by Crippen LogP contribution is 2.18. The summed E-state index contributed by atoms with van der Waals surface area (Å²) in [5.74, 6) is -0.638. The zero-order valence-electron chi connectivity index (χ0n) is 10.8. The Kier molecular flexibility index (Phi) is 4.96. The van der Waals surface area contributed by atoms with E-state index in [9.17, 15) is 9.18 Å². The highest BCUT2D eigenvalue weighted by atomic mass is 35.5. The number of anilines is 1. The largest absolute Gasteiger partial charge is 0.374 e. The number of carbonyl (C=O) groups is 1. The molecule has 0 aromatic heterocycles. The number of hydrogen-bond acceptors (Lipinski definition) is 2. The van der Waals surface area contributed by atoms with Gasteiger partial charge in [0.05, 0.1) is 12.2 Å². The van der Waals surface area contributed by atoms with Crippen LogP contribution in [0.5, 0.6) is 0 Å². The average molecular weight is 273 g/mol. The maximum atomic E-state index is 13.4. The molecule has 18 heavy (non-hydrogen) atoms. The van der Waals surface area contributed by atoms with Crippen molar-refractivity contribution in [1.82, 2.24) is 5.32 Å². The molecule has 3 nitrogen and oxygen atoms in total. The number of amides is 1. The van der Waals surface area contributed by atoms with E-state index in [1.807, 2.05) is 20.8 Å². The monoisotopic (exact) mass is 272 g/mol. The molecule has 0 aliphatic heterocycles. The van der Waals surface area contributed by atoms with Gasteiger partial charge in [-0.25, -0.2) is 4.39 Å². The number of carbonyl (C=O) groups excluding carboxylic acids is 1. The van der Waals surface area contributed by atoms with Gasteiger partial charge in [-0.2, -0.15) is 0 Å². The van der Waals surface area contributed by atoms with Crippen molar-refractivity contribution in [3.63, 3.8) is 0 Å². The first-order chi connectivity index (χ1) is 8.34. The summed E-state index contributed by atoms with van der Waals surface area (Å²) in [7, 11) is 0. The number of benzene rings is 1. The lowest BCUT2D eigenvalue weighted by molar-refractivity contribution is -0.121. The Balaban J connectivity index is 2.53. The first-order valence-electron chi connectivity index (χ1n) is 5.84. The van der Waals surface area contributed by atoms with Crippen LogP contribution in [0.25, 0.3) is 0 Å². The zero-order valence-corrected chi connectivity index (χ0v) is 11.6. The average Bonchev–Trinajstić information content (AvgIpc) is 2.27. The quantitative estimate of drug-likeness (QED) is 0.864. The van der Waals surface area contributed by atoms with Crippen LogP contribution in [-0.2, 0) is 4.79 Å². The Labute approximate surface area is 112 Å². The van der Waals surface area contributed by atoms with Gasteiger partial charge in [0, 0.05) is 10.6 Å². The Hall–Kier alpha value is -1.29. The van der Waals surface area contributed by atoms with Crippen molar-refractivity contribution in [1.29, 1.82) is 0 Å². The topological polar surface area (TPSA) is 41.1 Å². The Morgan fingerprint density at radius 2 is 2.11 bits per heavy atom. The normalized spacial score (nSPS) is 11.2. The fourth-order valence-corrected chi connectivity index (χ4v) is 1.48. The summed E-state index contributed by atoms with van der Waals surface area (Å²) in [4.78, 5) is 11.6. The molecule has 0 fully saturated rings. The standard InChI is InChI=1S/C13H18ClFN2O/c1-4-13(2,3)17-12(18)8-16-11-6-5-9(14)7-10(11)15/h5-7,16H,4,8H2,1-3H3,(H,17,18). The summed E-state index contributed by atoms with van der Waals surface area (Å²) in [6.07, 6.45) is 0.827. The molecule has 0 atom stereocenters. The minimum absolute atomic E-state index is 0.0297. The molecular formula is C13H18ClFN2O. The molecule has 1 aromatic carbocycles. The van der Waals surface area contributed by atoms with E-state index in [2.05, 4.69) is 10.6 Å². The highest BCUT2D eigenvalue weighted by molar-refractivity contribution is 6.30. The van der Waals surface area contributed by atoms with Gasteiger partial charge in [0.15, 0.2) is 0 Å². The van der Waals surface area contributed by atoms with Gasteiger partial charge >= 0.3 is 0 Å². The summed E-state index contributed by atoms with van der Waals surface area (Å²) in [6.45, 7) is 5.90. The van der Waals surface area contributed by atoms with E-state index >= 15 is 0 Å². The van der Waals surface area contributed by atoms with E-state index in [4.69, 9.17) is 11.6 Å². The smallest absolute Gasteiger partial charge is 0.239 e. The predicted molar refractivity (Wildman–Crippen MR) is 72.4 cm³/mol. The third kappa shape index (κ3) is 4.53. The van der Waals surface area contributed by atoms with Crippen LogP contribution < -0.4 is 10.6 Å². The molecule has 0 radical (unpaired) electrons. The molecule has 1 aromatic rings. The van der Waals surface area contributed by atoms with Gasteiger partial charge in [0.2, 0.25) is 5.91 Å². The Morgan fingerprint density at radius 3 is 2.67 bits per heavy atom. The van der Waals surface area contributed by atoms with Gasteiger partial charge in [-0.05, 0) is 38.5 Å². The molecular weight excluding hydrogens is 255 g/mol. The minimum atomic E-state index is -0.468. The molecule has 0 saturated carbocycles. The highest BCUT2D eigenvalue weighted by Gasteiger charge is 2.17. The SMILES string of the molecule is CCC(C)(C)NC(=O)CNc1ccc(Cl)cc1F.